The van der Waals surface area contributed by atoms with E-state index in [-0.39, 0.29) is 19.1 Å². The van der Waals surface area contributed by atoms with Crippen LogP contribution in [0, 0.1) is 10.1 Å². The number of aryl methyl sites for hydroxylation is 1. The van der Waals surface area contributed by atoms with Crippen molar-refractivity contribution < 1.29 is 19.5 Å². The minimum absolute atomic E-state index is 0.00696. The quantitative estimate of drug-likeness (QED) is 0.202. The molecule has 1 aromatic heterocycles. The number of unbranched alkanes of at least 4 members (excludes halogenated alkanes) is 3. The smallest absolute Gasteiger partial charge is 0.275 e. The van der Waals surface area contributed by atoms with Crippen molar-refractivity contribution in [2.75, 3.05) is 20.0 Å². The van der Waals surface area contributed by atoms with E-state index in [1.54, 1.807) is 23.7 Å². The van der Waals surface area contributed by atoms with Gasteiger partial charge in [0.25, 0.3) is 5.69 Å². The summed E-state index contributed by atoms with van der Waals surface area (Å²) in [6.07, 6.45) is 7.57. The van der Waals surface area contributed by atoms with Crippen LogP contribution in [0.2, 0.25) is 0 Å². The Morgan fingerprint density at radius 2 is 2.10 bits per heavy atom. The molecule has 1 heterocycles. The molecule has 0 bridgehead atoms. The minimum atomic E-state index is -0.510. The van der Waals surface area contributed by atoms with E-state index in [0.717, 1.165) is 24.1 Å². The van der Waals surface area contributed by atoms with Crippen LogP contribution in [0.5, 0.6) is 0 Å². The fourth-order valence-electron chi connectivity index (χ4n) is 3.11. The van der Waals surface area contributed by atoms with Crippen molar-refractivity contribution in [2.45, 2.75) is 65.0 Å². The number of aliphatic hydroxyl groups excluding tert-OH is 1. The first-order chi connectivity index (χ1) is 14.5. The van der Waals surface area contributed by atoms with Gasteiger partial charge in [-0.25, -0.2) is 4.68 Å². The Labute approximate surface area is 177 Å². The second kappa shape index (κ2) is 13.0. The van der Waals surface area contributed by atoms with Crippen LogP contribution in [-0.2, 0) is 22.4 Å². The van der Waals surface area contributed by atoms with Crippen LogP contribution in [0.25, 0.3) is 0 Å². The highest BCUT2D eigenvalue weighted by Gasteiger charge is 2.20. The van der Waals surface area contributed by atoms with Gasteiger partial charge in [-0.2, -0.15) is 0 Å². The van der Waals surface area contributed by atoms with Crippen LogP contribution >= 0.6 is 0 Å². The molecule has 1 atom stereocenters. The average Bonchev–Trinajstić information content (AvgIpc) is 3.18. The summed E-state index contributed by atoms with van der Waals surface area (Å²) in [5, 5.41) is 28.6. The minimum Gasteiger partial charge on any atom is -0.396 e. The first-order valence-electron chi connectivity index (χ1n) is 10.5. The summed E-state index contributed by atoms with van der Waals surface area (Å²) in [4.78, 5) is 11.0. The van der Waals surface area contributed by atoms with Crippen molar-refractivity contribution in [2.24, 2.45) is 0 Å². The number of ether oxygens (including phenoxy) is 2. The summed E-state index contributed by atoms with van der Waals surface area (Å²) in [5.74, 6) is 0. The molecule has 1 N–H and O–H groups in total. The molecule has 0 spiro atoms. The number of hydrogen-bond donors (Lipinski definition) is 1. The molecule has 166 valence electrons. The molecule has 0 radical (unpaired) electrons. The van der Waals surface area contributed by atoms with E-state index in [9.17, 15) is 10.1 Å². The lowest BCUT2D eigenvalue weighted by atomic mass is 10.0. The van der Waals surface area contributed by atoms with Gasteiger partial charge in [-0.05, 0) is 37.8 Å². The molecule has 9 nitrogen and oxygen atoms in total. The normalized spacial score (nSPS) is 12.2. The largest absolute Gasteiger partial charge is 0.396 e. The third kappa shape index (κ3) is 7.81. The number of nitrogens with zero attached hydrogens (tertiary/aromatic N) is 4. The van der Waals surface area contributed by atoms with Gasteiger partial charge in [-0.1, -0.05) is 37.5 Å². The van der Waals surface area contributed by atoms with Crippen LogP contribution in [0.15, 0.2) is 24.4 Å². The SMILES string of the molecule is CCCCCCc1cn(Cc2ccc([N+](=O)[O-])c(C(C)OCOCCCO)c2)nn1. The van der Waals surface area contributed by atoms with E-state index in [2.05, 4.69) is 17.2 Å². The van der Waals surface area contributed by atoms with Crippen molar-refractivity contribution in [3.8, 4) is 0 Å². The third-order valence-corrected chi connectivity index (χ3v) is 4.79. The Hall–Kier alpha value is -2.36. The molecule has 1 aromatic carbocycles. The summed E-state index contributed by atoms with van der Waals surface area (Å²) in [7, 11) is 0. The second-order valence-corrected chi connectivity index (χ2v) is 7.28. The van der Waals surface area contributed by atoms with E-state index in [0.29, 0.717) is 25.1 Å². The molecule has 0 aliphatic heterocycles. The van der Waals surface area contributed by atoms with Crippen molar-refractivity contribution in [1.29, 1.82) is 0 Å². The Bertz CT molecular complexity index is 781. The molecular formula is C21H32N4O5. The van der Waals surface area contributed by atoms with Gasteiger partial charge in [-0.15, -0.1) is 5.10 Å². The topological polar surface area (TPSA) is 113 Å². The zero-order chi connectivity index (χ0) is 21.8. The van der Waals surface area contributed by atoms with E-state index in [4.69, 9.17) is 14.6 Å². The number of aromatic nitrogens is 3. The lowest BCUT2D eigenvalue weighted by molar-refractivity contribution is -0.386. The first-order valence-corrected chi connectivity index (χ1v) is 10.5. The van der Waals surface area contributed by atoms with E-state index in [1.807, 2.05) is 6.20 Å². The zero-order valence-electron chi connectivity index (χ0n) is 17.8. The third-order valence-electron chi connectivity index (χ3n) is 4.79. The maximum Gasteiger partial charge on any atom is 0.275 e. The molecule has 2 rings (SSSR count). The molecular weight excluding hydrogens is 388 g/mol. The summed E-state index contributed by atoms with van der Waals surface area (Å²) in [6.45, 7) is 4.85. The number of aliphatic hydroxyl groups is 1. The predicted molar refractivity (Wildman–Crippen MR) is 112 cm³/mol. The van der Waals surface area contributed by atoms with E-state index < -0.39 is 11.0 Å². The van der Waals surface area contributed by atoms with Crippen molar-refractivity contribution in [3.63, 3.8) is 0 Å². The standard InChI is InChI=1S/C21H32N4O5/c1-3-4-5-6-8-19-15-24(23-22-19)14-18-9-10-21(25(27)28)20(13-18)17(2)30-16-29-12-7-11-26/h9-10,13,15,17,26H,3-8,11-12,14,16H2,1-2H3. The Morgan fingerprint density at radius 3 is 2.83 bits per heavy atom. The number of nitro benzene ring substituents is 1. The van der Waals surface area contributed by atoms with Crippen molar-refractivity contribution in [1.82, 2.24) is 15.0 Å². The number of benzene rings is 1. The molecule has 0 aliphatic carbocycles. The van der Waals surface area contributed by atoms with Gasteiger partial charge in [0.15, 0.2) is 0 Å². The highest BCUT2D eigenvalue weighted by molar-refractivity contribution is 5.44. The van der Waals surface area contributed by atoms with Gasteiger partial charge in [-0.3, -0.25) is 10.1 Å². The van der Waals surface area contributed by atoms with Crippen molar-refractivity contribution >= 4 is 5.69 Å². The van der Waals surface area contributed by atoms with E-state index in [1.165, 1.54) is 25.3 Å². The zero-order valence-corrected chi connectivity index (χ0v) is 17.8. The van der Waals surface area contributed by atoms with Crippen LogP contribution in [0.3, 0.4) is 0 Å². The Kier molecular flexibility index (Phi) is 10.4. The number of rotatable bonds is 15. The molecule has 30 heavy (non-hydrogen) atoms. The summed E-state index contributed by atoms with van der Waals surface area (Å²) in [5.41, 5.74) is 2.35. The molecule has 1 unspecified atom stereocenters. The van der Waals surface area contributed by atoms with Crippen LogP contribution in [0.1, 0.15) is 68.9 Å². The first kappa shape index (κ1) is 23.9. The van der Waals surface area contributed by atoms with Crippen LogP contribution in [-0.4, -0.2) is 45.0 Å². The second-order valence-electron chi connectivity index (χ2n) is 7.28. The fourth-order valence-corrected chi connectivity index (χ4v) is 3.11. The molecule has 0 fully saturated rings. The predicted octanol–water partition coefficient (Wildman–Crippen LogP) is 3.79. The summed E-state index contributed by atoms with van der Waals surface area (Å²) < 4.78 is 12.6. The van der Waals surface area contributed by atoms with Crippen LogP contribution in [0.4, 0.5) is 5.69 Å². The molecule has 0 saturated carbocycles. The van der Waals surface area contributed by atoms with Gasteiger partial charge >= 0.3 is 0 Å². The molecule has 0 aliphatic rings. The number of hydrogen-bond acceptors (Lipinski definition) is 7. The monoisotopic (exact) mass is 420 g/mol. The van der Waals surface area contributed by atoms with Gasteiger partial charge in [0.2, 0.25) is 0 Å². The van der Waals surface area contributed by atoms with Gasteiger partial charge in [0.1, 0.15) is 6.79 Å². The van der Waals surface area contributed by atoms with Gasteiger partial charge in [0, 0.05) is 18.9 Å². The lowest BCUT2D eigenvalue weighted by Gasteiger charge is -2.15. The Balaban J connectivity index is 2.01. The van der Waals surface area contributed by atoms with Crippen molar-refractivity contribution in [3.05, 3.63) is 51.3 Å². The lowest BCUT2D eigenvalue weighted by Crippen LogP contribution is -2.09. The highest BCUT2D eigenvalue weighted by atomic mass is 16.7. The maximum atomic E-state index is 11.4. The molecule has 9 heteroatoms. The summed E-state index contributed by atoms with van der Waals surface area (Å²) in [6, 6.07) is 5.01. The van der Waals surface area contributed by atoms with Crippen LogP contribution < -0.4 is 0 Å². The molecule has 2 aromatic rings. The fraction of sp³-hybridized carbons (Fsp3) is 0.619. The summed E-state index contributed by atoms with van der Waals surface area (Å²) >= 11 is 0. The highest BCUT2D eigenvalue weighted by Crippen LogP contribution is 2.28. The molecule has 0 amide bonds. The van der Waals surface area contributed by atoms with Gasteiger partial charge in [0.05, 0.1) is 35.4 Å². The Morgan fingerprint density at radius 1 is 1.27 bits per heavy atom. The van der Waals surface area contributed by atoms with Gasteiger partial charge < -0.3 is 14.6 Å². The molecule has 0 saturated heterocycles. The van der Waals surface area contributed by atoms with E-state index >= 15 is 0 Å². The number of nitro groups is 1. The maximum absolute atomic E-state index is 11.4. The average molecular weight is 421 g/mol.